The lowest BCUT2D eigenvalue weighted by Crippen LogP contribution is -2.23. The van der Waals surface area contributed by atoms with E-state index in [9.17, 15) is 9.59 Å². The molecule has 0 bridgehead atoms. The fraction of sp³-hybridized carbons (Fsp3) is 0.259. The van der Waals surface area contributed by atoms with Gasteiger partial charge in [-0.3, -0.25) is 9.59 Å². The SMILES string of the molecule is CC(C)Cc1ccc(C(C)C(=O)Nc2ccc(C(=O)NCc3ccccc3)cc2)cc1. The van der Waals surface area contributed by atoms with E-state index in [0.717, 1.165) is 17.5 Å². The third-order valence-electron chi connectivity index (χ3n) is 5.23. The zero-order chi connectivity index (χ0) is 22.2. The molecule has 0 heterocycles. The van der Waals surface area contributed by atoms with Crippen LogP contribution in [0.4, 0.5) is 5.69 Å². The summed E-state index contributed by atoms with van der Waals surface area (Å²) in [6, 6.07) is 25.0. The maximum absolute atomic E-state index is 12.7. The van der Waals surface area contributed by atoms with E-state index in [2.05, 4.69) is 36.6 Å². The van der Waals surface area contributed by atoms with Crippen molar-refractivity contribution >= 4 is 17.5 Å². The minimum Gasteiger partial charge on any atom is -0.348 e. The molecule has 4 heteroatoms. The van der Waals surface area contributed by atoms with Crippen molar-refractivity contribution in [1.82, 2.24) is 5.32 Å². The molecule has 160 valence electrons. The van der Waals surface area contributed by atoms with Crippen LogP contribution < -0.4 is 10.6 Å². The van der Waals surface area contributed by atoms with E-state index in [4.69, 9.17) is 0 Å². The Labute approximate surface area is 184 Å². The lowest BCUT2D eigenvalue weighted by Gasteiger charge is -2.14. The highest BCUT2D eigenvalue weighted by atomic mass is 16.2. The summed E-state index contributed by atoms with van der Waals surface area (Å²) in [5, 5.41) is 5.85. The molecule has 0 spiro atoms. The molecule has 4 nitrogen and oxygen atoms in total. The van der Waals surface area contributed by atoms with E-state index in [-0.39, 0.29) is 17.7 Å². The van der Waals surface area contributed by atoms with E-state index >= 15 is 0 Å². The number of anilines is 1. The van der Waals surface area contributed by atoms with Gasteiger partial charge in [-0.1, -0.05) is 68.4 Å². The maximum Gasteiger partial charge on any atom is 0.251 e. The van der Waals surface area contributed by atoms with Crippen molar-refractivity contribution in [3.05, 3.63) is 101 Å². The summed E-state index contributed by atoms with van der Waals surface area (Å²) in [4.78, 5) is 25.0. The molecule has 0 fully saturated rings. The van der Waals surface area contributed by atoms with E-state index in [1.165, 1.54) is 5.56 Å². The smallest absolute Gasteiger partial charge is 0.251 e. The molecule has 0 aliphatic rings. The summed E-state index contributed by atoms with van der Waals surface area (Å²) in [6.45, 7) is 6.77. The van der Waals surface area contributed by atoms with Crippen LogP contribution >= 0.6 is 0 Å². The number of carbonyl (C=O) groups excluding carboxylic acids is 2. The first kappa shape index (κ1) is 22.3. The Kier molecular flexibility index (Phi) is 7.60. The standard InChI is InChI=1S/C27H30N2O2/c1-19(2)17-21-9-11-23(12-10-21)20(3)26(30)29-25-15-13-24(14-16-25)27(31)28-18-22-7-5-4-6-8-22/h4-16,19-20H,17-18H2,1-3H3,(H,28,31)(H,29,30). The van der Waals surface area contributed by atoms with Gasteiger partial charge in [-0.2, -0.15) is 0 Å². The van der Waals surface area contributed by atoms with Gasteiger partial charge in [-0.05, 0) is 60.2 Å². The van der Waals surface area contributed by atoms with Gasteiger partial charge in [0.1, 0.15) is 0 Å². The van der Waals surface area contributed by atoms with Crippen LogP contribution in [0.1, 0.15) is 53.7 Å². The van der Waals surface area contributed by atoms with Crippen LogP contribution in [0.3, 0.4) is 0 Å². The van der Waals surface area contributed by atoms with Crippen molar-refractivity contribution in [3.8, 4) is 0 Å². The molecule has 3 aromatic carbocycles. The molecule has 3 rings (SSSR count). The zero-order valence-corrected chi connectivity index (χ0v) is 18.4. The van der Waals surface area contributed by atoms with Gasteiger partial charge in [-0.25, -0.2) is 0 Å². The molecule has 0 aliphatic heterocycles. The molecular formula is C27H30N2O2. The first-order valence-electron chi connectivity index (χ1n) is 10.7. The van der Waals surface area contributed by atoms with Crippen molar-refractivity contribution < 1.29 is 9.59 Å². The molecular weight excluding hydrogens is 384 g/mol. The van der Waals surface area contributed by atoms with Crippen molar-refractivity contribution in [2.45, 2.75) is 39.7 Å². The van der Waals surface area contributed by atoms with Gasteiger partial charge in [0.2, 0.25) is 5.91 Å². The van der Waals surface area contributed by atoms with E-state index < -0.39 is 0 Å². The highest BCUT2D eigenvalue weighted by Crippen LogP contribution is 2.20. The zero-order valence-electron chi connectivity index (χ0n) is 18.4. The molecule has 0 saturated carbocycles. The molecule has 2 amide bonds. The van der Waals surface area contributed by atoms with Crippen LogP contribution in [0.2, 0.25) is 0 Å². The van der Waals surface area contributed by atoms with Gasteiger partial charge in [0.15, 0.2) is 0 Å². The molecule has 0 radical (unpaired) electrons. The molecule has 3 aromatic rings. The van der Waals surface area contributed by atoms with E-state index in [1.54, 1.807) is 24.3 Å². The Morgan fingerprint density at radius 3 is 2.03 bits per heavy atom. The quantitative estimate of drug-likeness (QED) is 0.507. The molecule has 1 atom stereocenters. The number of rotatable bonds is 8. The number of benzene rings is 3. The molecule has 0 aromatic heterocycles. The lowest BCUT2D eigenvalue weighted by molar-refractivity contribution is -0.117. The number of carbonyl (C=O) groups is 2. The average molecular weight is 415 g/mol. The van der Waals surface area contributed by atoms with Gasteiger partial charge in [0.25, 0.3) is 5.91 Å². The topological polar surface area (TPSA) is 58.2 Å². The fourth-order valence-corrected chi connectivity index (χ4v) is 3.40. The molecule has 1 unspecified atom stereocenters. The van der Waals surface area contributed by atoms with Crippen molar-refractivity contribution in [3.63, 3.8) is 0 Å². The Morgan fingerprint density at radius 2 is 1.42 bits per heavy atom. The lowest BCUT2D eigenvalue weighted by atomic mass is 9.96. The molecule has 31 heavy (non-hydrogen) atoms. The summed E-state index contributed by atoms with van der Waals surface area (Å²) < 4.78 is 0. The van der Waals surface area contributed by atoms with Gasteiger partial charge < -0.3 is 10.6 Å². The third-order valence-corrected chi connectivity index (χ3v) is 5.23. The second kappa shape index (κ2) is 10.6. The van der Waals surface area contributed by atoms with Crippen LogP contribution in [-0.2, 0) is 17.8 Å². The number of hydrogen-bond acceptors (Lipinski definition) is 2. The Bertz CT molecular complexity index is 994. The minimum absolute atomic E-state index is 0.0714. The minimum atomic E-state index is -0.262. The maximum atomic E-state index is 12.7. The van der Waals surface area contributed by atoms with Crippen LogP contribution in [-0.4, -0.2) is 11.8 Å². The summed E-state index contributed by atoms with van der Waals surface area (Å²) in [5.74, 6) is 0.131. The number of hydrogen-bond donors (Lipinski definition) is 2. The highest BCUT2D eigenvalue weighted by molar-refractivity contribution is 5.97. The van der Waals surface area contributed by atoms with Gasteiger partial charge in [-0.15, -0.1) is 0 Å². The number of nitrogens with one attached hydrogen (secondary N) is 2. The van der Waals surface area contributed by atoms with E-state index in [1.807, 2.05) is 49.4 Å². The van der Waals surface area contributed by atoms with Crippen LogP contribution in [0, 0.1) is 5.92 Å². The Balaban J connectivity index is 1.54. The second-order valence-electron chi connectivity index (χ2n) is 8.30. The highest BCUT2D eigenvalue weighted by Gasteiger charge is 2.16. The Morgan fingerprint density at radius 1 is 0.774 bits per heavy atom. The van der Waals surface area contributed by atoms with Crippen molar-refractivity contribution in [2.24, 2.45) is 5.92 Å². The molecule has 0 aliphatic carbocycles. The predicted molar refractivity (Wildman–Crippen MR) is 126 cm³/mol. The monoisotopic (exact) mass is 414 g/mol. The number of amides is 2. The molecule has 2 N–H and O–H groups in total. The third kappa shape index (κ3) is 6.54. The van der Waals surface area contributed by atoms with Crippen molar-refractivity contribution in [1.29, 1.82) is 0 Å². The summed E-state index contributed by atoms with van der Waals surface area (Å²) in [5.41, 5.74) is 4.55. The largest absolute Gasteiger partial charge is 0.348 e. The first-order valence-corrected chi connectivity index (χ1v) is 10.7. The van der Waals surface area contributed by atoms with Gasteiger partial charge in [0, 0.05) is 17.8 Å². The van der Waals surface area contributed by atoms with Gasteiger partial charge >= 0.3 is 0 Å². The van der Waals surface area contributed by atoms with E-state index in [0.29, 0.717) is 23.7 Å². The normalized spacial score (nSPS) is 11.7. The van der Waals surface area contributed by atoms with Crippen LogP contribution in [0.15, 0.2) is 78.9 Å². The first-order chi connectivity index (χ1) is 14.9. The second-order valence-corrected chi connectivity index (χ2v) is 8.30. The predicted octanol–water partition coefficient (Wildman–Crippen LogP) is 5.56. The van der Waals surface area contributed by atoms with Gasteiger partial charge in [0.05, 0.1) is 5.92 Å². The van der Waals surface area contributed by atoms with Crippen molar-refractivity contribution in [2.75, 3.05) is 5.32 Å². The average Bonchev–Trinajstić information content (AvgIpc) is 2.78. The Hall–Kier alpha value is -3.40. The summed E-state index contributed by atoms with van der Waals surface area (Å²) >= 11 is 0. The van der Waals surface area contributed by atoms with Crippen LogP contribution in [0.5, 0.6) is 0 Å². The van der Waals surface area contributed by atoms with Crippen LogP contribution in [0.25, 0.3) is 0 Å². The summed E-state index contributed by atoms with van der Waals surface area (Å²) in [6.07, 6.45) is 1.03. The fourth-order valence-electron chi connectivity index (χ4n) is 3.40. The molecule has 0 saturated heterocycles. The summed E-state index contributed by atoms with van der Waals surface area (Å²) in [7, 11) is 0.